The fraction of sp³-hybridized carbons (Fsp3) is 0. The largest absolute Gasteiger partial charge is 0.298 e. The van der Waals surface area contributed by atoms with Crippen LogP contribution >= 0.6 is 0 Å². The first-order chi connectivity index (χ1) is 10.8. The maximum atomic E-state index is 12.1. The molecule has 0 spiro atoms. The minimum atomic E-state index is -0.163. The first kappa shape index (κ1) is 13.9. The maximum absolute atomic E-state index is 12.1. The molecule has 3 nitrogen and oxygen atoms in total. The van der Waals surface area contributed by atoms with Gasteiger partial charge in [-0.1, -0.05) is 60.7 Å². The van der Waals surface area contributed by atoms with E-state index in [-0.39, 0.29) is 5.91 Å². The minimum Gasteiger partial charge on any atom is -0.298 e. The SMILES string of the molecule is O=C(NNc1ccccc1)c1ccc(-c2ccccc2)cc1. The molecule has 0 atom stereocenters. The summed E-state index contributed by atoms with van der Waals surface area (Å²) >= 11 is 0. The number of anilines is 1. The van der Waals surface area contributed by atoms with Crippen LogP contribution in [0, 0.1) is 0 Å². The number of hydrogen-bond donors (Lipinski definition) is 2. The third kappa shape index (κ3) is 3.33. The predicted octanol–water partition coefficient (Wildman–Crippen LogP) is 4.11. The van der Waals surface area contributed by atoms with E-state index in [2.05, 4.69) is 10.9 Å². The number of hydrazine groups is 1. The molecule has 3 aromatic rings. The van der Waals surface area contributed by atoms with Crippen LogP contribution in [0.5, 0.6) is 0 Å². The van der Waals surface area contributed by atoms with Crippen molar-refractivity contribution in [2.45, 2.75) is 0 Å². The van der Waals surface area contributed by atoms with Gasteiger partial charge < -0.3 is 0 Å². The maximum Gasteiger partial charge on any atom is 0.269 e. The van der Waals surface area contributed by atoms with Crippen molar-refractivity contribution >= 4 is 11.6 Å². The number of rotatable bonds is 4. The highest BCUT2D eigenvalue weighted by Gasteiger charge is 2.05. The zero-order chi connectivity index (χ0) is 15.2. The molecule has 0 aliphatic carbocycles. The summed E-state index contributed by atoms with van der Waals surface area (Å²) in [5.74, 6) is -0.163. The van der Waals surface area contributed by atoms with E-state index in [0.717, 1.165) is 16.8 Å². The van der Waals surface area contributed by atoms with Crippen LogP contribution in [0.15, 0.2) is 84.9 Å². The van der Waals surface area contributed by atoms with Gasteiger partial charge in [0.2, 0.25) is 0 Å². The highest BCUT2D eigenvalue weighted by Crippen LogP contribution is 2.19. The number of hydrogen-bond acceptors (Lipinski definition) is 2. The molecule has 0 saturated carbocycles. The van der Waals surface area contributed by atoms with Crippen LogP contribution in [0.1, 0.15) is 10.4 Å². The number of para-hydroxylation sites is 1. The summed E-state index contributed by atoms with van der Waals surface area (Å²) in [5, 5.41) is 0. The molecular formula is C19H16N2O. The van der Waals surface area contributed by atoms with Crippen molar-refractivity contribution < 1.29 is 4.79 Å². The van der Waals surface area contributed by atoms with Crippen LogP contribution in [-0.4, -0.2) is 5.91 Å². The van der Waals surface area contributed by atoms with E-state index in [0.29, 0.717) is 5.56 Å². The second-order valence-electron chi connectivity index (χ2n) is 4.89. The Balaban J connectivity index is 1.66. The van der Waals surface area contributed by atoms with Gasteiger partial charge in [0.15, 0.2) is 0 Å². The Hall–Kier alpha value is -3.07. The van der Waals surface area contributed by atoms with Gasteiger partial charge in [0.05, 0.1) is 5.69 Å². The van der Waals surface area contributed by atoms with Crippen molar-refractivity contribution in [2.24, 2.45) is 0 Å². The van der Waals surface area contributed by atoms with Crippen LogP contribution in [0.25, 0.3) is 11.1 Å². The smallest absolute Gasteiger partial charge is 0.269 e. The molecule has 2 N–H and O–H groups in total. The Bertz CT molecular complexity index is 737. The first-order valence-electron chi connectivity index (χ1n) is 7.10. The molecule has 0 fully saturated rings. The summed E-state index contributed by atoms with van der Waals surface area (Å²) in [6, 6.07) is 27.1. The zero-order valence-electron chi connectivity index (χ0n) is 12.0. The number of amides is 1. The lowest BCUT2D eigenvalue weighted by Gasteiger charge is -2.09. The fourth-order valence-electron chi connectivity index (χ4n) is 2.17. The third-order valence-corrected chi connectivity index (χ3v) is 3.35. The molecule has 1 amide bonds. The number of nitrogens with one attached hydrogen (secondary N) is 2. The second kappa shape index (κ2) is 6.59. The average Bonchev–Trinajstić information content (AvgIpc) is 2.61. The van der Waals surface area contributed by atoms with E-state index in [1.165, 1.54) is 0 Å². The molecule has 0 bridgehead atoms. The molecule has 0 saturated heterocycles. The van der Waals surface area contributed by atoms with Crippen LogP contribution < -0.4 is 10.9 Å². The van der Waals surface area contributed by atoms with Gasteiger partial charge in [0, 0.05) is 5.56 Å². The highest BCUT2D eigenvalue weighted by atomic mass is 16.2. The quantitative estimate of drug-likeness (QED) is 0.709. The summed E-state index contributed by atoms with van der Waals surface area (Å²) in [4.78, 5) is 12.1. The van der Waals surface area contributed by atoms with Crippen LogP contribution in [0.2, 0.25) is 0 Å². The summed E-state index contributed by atoms with van der Waals surface area (Å²) < 4.78 is 0. The summed E-state index contributed by atoms with van der Waals surface area (Å²) in [6.07, 6.45) is 0. The molecule has 0 unspecified atom stereocenters. The molecule has 22 heavy (non-hydrogen) atoms. The van der Waals surface area contributed by atoms with Crippen molar-refractivity contribution in [1.29, 1.82) is 0 Å². The fourth-order valence-corrected chi connectivity index (χ4v) is 2.17. The molecule has 0 aromatic heterocycles. The Morgan fingerprint density at radius 1 is 0.636 bits per heavy atom. The molecule has 3 aromatic carbocycles. The number of benzene rings is 3. The third-order valence-electron chi connectivity index (χ3n) is 3.35. The molecule has 3 heteroatoms. The number of carbonyl (C=O) groups excluding carboxylic acids is 1. The lowest BCUT2D eigenvalue weighted by atomic mass is 10.0. The average molecular weight is 288 g/mol. The lowest BCUT2D eigenvalue weighted by Crippen LogP contribution is -2.29. The van der Waals surface area contributed by atoms with Crippen LogP contribution in [-0.2, 0) is 0 Å². The predicted molar refractivity (Wildman–Crippen MR) is 89.4 cm³/mol. The van der Waals surface area contributed by atoms with Gasteiger partial charge in [0.1, 0.15) is 0 Å². The highest BCUT2D eigenvalue weighted by molar-refractivity contribution is 5.95. The molecular weight excluding hydrogens is 272 g/mol. The van der Waals surface area contributed by atoms with E-state index in [9.17, 15) is 4.79 Å². The Labute approximate surface area is 129 Å². The van der Waals surface area contributed by atoms with Gasteiger partial charge >= 0.3 is 0 Å². The standard InChI is InChI=1S/C19H16N2O/c22-19(21-20-18-9-5-2-6-10-18)17-13-11-16(12-14-17)15-7-3-1-4-8-15/h1-14,20H,(H,21,22). The minimum absolute atomic E-state index is 0.163. The van der Waals surface area contributed by atoms with Gasteiger partial charge in [-0.15, -0.1) is 0 Å². The second-order valence-corrected chi connectivity index (χ2v) is 4.89. The first-order valence-corrected chi connectivity index (χ1v) is 7.10. The molecule has 0 aliphatic heterocycles. The Morgan fingerprint density at radius 2 is 1.18 bits per heavy atom. The van der Waals surface area contributed by atoms with E-state index in [1.54, 1.807) is 0 Å². The molecule has 3 rings (SSSR count). The normalized spacial score (nSPS) is 10.0. The summed E-state index contributed by atoms with van der Waals surface area (Å²) in [5.41, 5.74) is 9.26. The van der Waals surface area contributed by atoms with Gasteiger partial charge in [-0.2, -0.15) is 0 Å². The van der Waals surface area contributed by atoms with Crippen LogP contribution in [0.4, 0.5) is 5.69 Å². The van der Waals surface area contributed by atoms with Gasteiger partial charge in [-0.25, -0.2) is 0 Å². The van der Waals surface area contributed by atoms with E-state index >= 15 is 0 Å². The topological polar surface area (TPSA) is 41.1 Å². The molecule has 0 aliphatic rings. The summed E-state index contributed by atoms with van der Waals surface area (Å²) in [7, 11) is 0. The van der Waals surface area contributed by atoms with E-state index in [4.69, 9.17) is 0 Å². The van der Waals surface area contributed by atoms with E-state index < -0.39 is 0 Å². The van der Waals surface area contributed by atoms with Crippen molar-refractivity contribution in [3.63, 3.8) is 0 Å². The monoisotopic (exact) mass is 288 g/mol. The van der Waals surface area contributed by atoms with E-state index in [1.807, 2.05) is 84.9 Å². The van der Waals surface area contributed by atoms with Gasteiger partial charge in [-0.05, 0) is 35.4 Å². The molecule has 0 radical (unpaired) electrons. The Morgan fingerprint density at radius 3 is 1.82 bits per heavy atom. The summed E-state index contributed by atoms with van der Waals surface area (Å²) in [6.45, 7) is 0. The van der Waals surface area contributed by atoms with Crippen molar-refractivity contribution in [2.75, 3.05) is 5.43 Å². The van der Waals surface area contributed by atoms with Gasteiger partial charge in [-0.3, -0.25) is 15.6 Å². The Kier molecular flexibility index (Phi) is 4.16. The van der Waals surface area contributed by atoms with Gasteiger partial charge in [0.25, 0.3) is 5.91 Å². The van der Waals surface area contributed by atoms with Crippen LogP contribution in [0.3, 0.4) is 0 Å². The van der Waals surface area contributed by atoms with Crippen molar-refractivity contribution in [3.8, 4) is 11.1 Å². The zero-order valence-corrected chi connectivity index (χ0v) is 12.0. The number of carbonyl (C=O) groups is 1. The molecule has 108 valence electrons. The lowest BCUT2D eigenvalue weighted by molar-refractivity contribution is 0.0962. The van der Waals surface area contributed by atoms with Crippen molar-refractivity contribution in [3.05, 3.63) is 90.5 Å². The van der Waals surface area contributed by atoms with Crippen molar-refractivity contribution in [1.82, 2.24) is 5.43 Å². The molecule has 0 heterocycles.